The minimum atomic E-state index is -1.34. The lowest BCUT2D eigenvalue weighted by atomic mass is 9.80. The van der Waals surface area contributed by atoms with Gasteiger partial charge in [-0.05, 0) is 55.3 Å². The van der Waals surface area contributed by atoms with E-state index in [2.05, 4.69) is 0 Å². The number of methoxy groups -OCH3 is 1. The highest BCUT2D eigenvalue weighted by Gasteiger charge is 2.38. The summed E-state index contributed by atoms with van der Waals surface area (Å²) in [5, 5.41) is 27.5. The molecule has 0 aromatic heterocycles. The predicted molar refractivity (Wildman–Crippen MR) is 87.4 cm³/mol. The van der Waals surface area contributed by atoms with E-state index in [0.717, 1.165) is 16.7 Å². The molecule has 23 heavy (non-hydrogen) atoms. The van der Waals surface area contributed by atoms with Gasteiger partial charge in [0.2, 0.25) is 0 Å². The maximum atomic E-state index is 11.7. The van der Waals surface area contributed by atoms with Gasteiger partial charge in [0.05, 0.1) is 13.0 Å². The van der Waals surface area contributed by atoms with Crippen molar-refractivity contribution in [2.45, 2.75) is 44.5 Å². The molecule has 1 aliphatic rings. The van der Waals surface area contributed by atoms with Gasteiger partial charge in [-0.2, -0.15) is 0 Å². The Kier molecular flexibility index (Phi) is 5.67. The smallest absolute Gasteiger partial charge is 0.451 e. The van der Waals surface area contributed by atoms with Crippen LogP contribution in [0.25, 0.3) is 0 Å². The molecule has 0 bridgehead atoms. The highest BCUT2D eigenvalue weighted by Crippen LogP contribution is 2.44. The molecule has 2 rings (SSSR count). The summed E-state index contributed by atoms with van der Waals surface area (Å²) in [7, 11) is 0.240. The largest absolute Gasteiger partial charge is 0.496 e. The Bertz CT molecular complexity index is 576. The van der Waals surface area contributed by atoms with E-state index in [9.17, 15) is 9.90 Å². The third-order valence-corrected chi connectivity index (χ3v) is 4.57. The Morgan fingerprint density at radius 1 is 1.48 bits per heavy atom. The summed E-state index contributed by atoms with van der Waals surface area (Å²) in [6.07, 6.45) is 2.13. The van der Waals surface area contributed by atoms with Gasteiger partial charge in [0.1, 0.15) is 5.75 Å². The number of carbonyl (C=O) groups is 1. The minimum Gasteiger partial charge on any atom is -0.496 e. The predicted octanol–water partition coefficient (Wildman–Crippen LogP) is 1.31. The SMILES string of the molecule is COc1cc2c(cc1C(C)N)C(C(=O)O)C(CCCB(O)O)C2. The second kappa shape index (κ2) is 7.34. The lowest BCUT2D eigenvalue weighted by Gasteiger charge is -2.18. The number of aliphatic carboxylic acids is 1. The maximum Gasteiger partial charge on any atom is 0.451 e. The molecular weight excluding hydrogens is 297 g/mol. The maximum absolute atomic E-state index is 11.7. The van der Waals surface area contributed by atoms with E-state index in [4.69, 9.17) is 20.5 Å². The van der Waals surface area contributed by atoms with E-state index in [1.54, 1.807) is 7.11 Å². The lowest BCUT2D eigenvalue weighted by Crippen LogP contribution is -2.19. The van der Waals surface area contributed by atoms with Crippen LogP contribution in [0, 0.1) is 5.92 Å². The Hall–Kier alpha value is -1.57. The van der Waals surface area contributed by atoms with Crippen LogP contribution < -0.4 is 10.5 Å². The molecule has 6 nitrogen and oxygen atoms in total. The topological polar surface area (TPSA) is 113 Å². The standard InChI is InChI=1S/C16H24BNO5/c1-9(18)12-8-13-11(7-14(12)23-2)6-10(15(13)16(19)20)4-3-5-17(21)22/h7-10,15,21-22H,3-6,18H2,1-2H3,(H,19,20). The van der Waals surface area contributed by atoms with Gasteiger partial charge in [-0.15, -0.1) is 0 Å². The van der Waals surface area contributed by atoms with Crippen LogP contribution in [-0.2, 0) is 11.2 Å². The Morgan fingerprint density at radius 2 is 2.17 bits per heavy atom. The normalized spacial score (nSPS) is 20.9. The first-order valence-corrected chi connectivity index (χ1v) is 7.90. The van der Waals surface area contributed by atoms with E-state index < -0.39 is 19.0 Å². The fourth-order valence-electron chi connectivity index (χ4n) is 3.48. The van der Waals surface area contributed by atoms with Crippen molar-refractivity contribution >= 4 is 13.1 Å². The van der Waals surface area contributed by atoms with Gasteiger partial charge in [0.15, 0.2) is 0 Å². The molecule has 1 aromatic carbocycles. The van der Waals surface area contributed by atoms with Crippen LogP contribution in [0.1, 0.15) is 48.4 Å². The Labute approximate surface area is 136 Å². The number of benzene rings is 1. The number of carboxylic acid groups (broad SMARTS) is 1. The van der Waals surface area contributed by atoms with Crippen molar-refractivity contribution < 1.29 is 24.7 Å². The first-order valence-electron chi connectivity index (χ1n) is 7.90. The molecule has 0 aliphatic heterocycles. The molecule has 0 fully saturated rings. The Morgan fingerprint density at radius 3 is 2.70 bits per heavy atom. The summed E-state index contributed by atoms with van der Waals surface area (Å²) in [6, 6.07) is 3.51. The van der Waals surface area contributed by atoms with E-state index in [0.29, 0.717) is 25.0 Å². The van der Waals surface area contributed by atoms with Crippen LogP contribution in [0.2, 0.25) is 6.32 Å². The zero-order chi connectivity index (χ0) is 17.1. The second-order valence-electron chi connectivity index (χ2n) is 6.27. The summed E-state index contributed by atoms with van der Waals surface area (Å²) < 4.78 is 5.38. The van der Waals surface area contributed by atoms with Crippen molar-refractivity contribution in [3.63, 3.8) is 0 Å². The molecule has 126 valence electrons. The number of hydrogen-bond donors (Lipinski definition) is 4. The molecule has 7 heteroatoms. The summed E-state index contributed by atoms with van der Waals surface area (Å²) in [5.74, 6) is -0.785. The molecule has 1 aliphatic carbocycles. The van der Waals surface area contributed by atoms with Crippen LogP contribution in [0.5, 0.6) is 5.75 Å². The molecule has 3 atom stereocenters. The molecule has 5 N–H and O–H groups in total. The summed E-state index contributed by atoms with van der Waals surface area (Å²) in [6.45, 7) is 1.84. The van der Waals surface area contributed by atoms with E-state index in [1.807, 2.05) is 19.1 Å². The number of ether oxygens (including phenoxy) is 1. The highest BCUT2D eigenvalue weighted by atomic mass is 16.5. The fourth-order valence-corrected chi connectivity index (χ4v) is 3.48. The van der Waals surface area contributed by atoms with Gasteiger partial charge in [-0.1, -0.05) is 6.42 Å². The van der Waals surface area contributed by atoms with Crippen molar-refractivity contribution in [1.29, 1.82) is 0 Å². The zero-order valence-electron chi connectivity index (χ0n) is 13.5. The summed E-state index contributed by atoms with van der Waals surface area (Å²) >= 11 is 0. The molecule has 3 unspecified atom stereocenters. The number of fused-ring (bicyclic) bond motifs is 1. The van der Waals surface area contributed by atoms with Gasteiger partial charge in [-0.25, -0.2) is 0 Å². The van der Waals surface area contributed by atoms with Gasteiger partial charge < -0.3 is 25.6 Å². The lowest BCUT2D eigenvalue weighted by molar-refractivity contribution is -0.139. The van der Waals surface area contributed by atoms with Crippen LogP contribution in [0.4, 0.5) is 0 Å². The Balaban J connectivity index is 2.29. The van der Waals surface area contributed by atoms with Crippen molar-refractivity contribution in [3.05, 3.63) is 28.8 Å². The summed E-state index contributed by atoms with van der Waals surface area (Å²) in [4.78, 5) is 11.7. The van der Waals surface area contributed by atoms with Gasteiger partial charge >= 0.3 is 13.1 Å². The average molecular weight is 321 g/mol. The van der Waals surface area contributed by atoms with Crippen molar-refractivity contribution in [3.8, 4) is 5.75 Å². The van der Waals surface area contributed by atoms with E-state index in [1.165, 1.54) is 0 Å². The fraction of sp³-hybridized carbons (Fsp3) is 0.562. The molecule has 0 amide bonds. The summed E-state index contributed by atoms with van der Waals surface area (Å²) in [5.41, 5.74) is 8.57. The first kappa shape index (κ1) is 17.8. The molecule has 0 saturated heterocycles. The third-order valence-electron chi connectivity index (χ3n) is 4.57. The molecule has 0 spiro atoms. The van der Waals surface area contributed by atoms with Crippen molar-refractivity contribution in [1.82, 2.24) is 0 Å². The monoisotopic (exact) mass is 321 g/mol. The number of hydrogen-bond acceptors (Lipinski definition) is 5. The highest BCUT2D eigenvalue weighted by molar-refractivity contribution is 6.40. The zero-order valence-corrected chi connectivity index (χ0v) is 13.5. The minimum absolute atomic E-state index is 0.0470. The molecule has 0 radical (unpaired) electrons. The van der Waals surface area contributed by atoms with Crippen molar-refractivity contribution in [2.75, 3.05) is 7.11 Å². The van der Waals surface area contributed by atoms with Crippen LogP contribution >= 0.6 is 0 Å². The van der Waals surface area contributed by atoms with E-state index in [-0.39, 0.29) is 18.3 Å². The average Bonchev–Trinajstić information content (AvgIpc) is 2.82. The quantitative estimate of drug-likeness (QED) is 0.563. The number of rotatable bonds is 7. The van der Waals surface area contributed by atoms with E-state index >= 15 is 0 Å². The van der Waals surface area contributed by atoms with Gasteiger partial charge in [0, 0.05) is 11.6 Å². The van der Waals surface area contributed by atoms with Crippen LogP contribution in [-0.4, -0.2) is 35.4 Å². The van der Waals surface area contributed by atoms with Crippen LogP contribution in [0.3, 0.4) is 0 Å². The third kappa shape index (κ3) is 3.86. The molecule has 0 heterocycles. The first-order chi connectivity index (χ1) is 10.8. The number of carboxylic acids is 1. The second-order valence-corrected chi connectivity index (χ2v) is 6.27. The molecule has 1 aromatic rings. The van der Waals surface area contributed by atoms with Gasteiger partial charge in [0.25, 0.3) is 0 Å². The molecular formula is C16H24BNO5. The molecule has 0 saturated carbocycles. The van der Waals surface area contributed by atoms with Crippen molar-refractivity contribution in [2.24, 2.45) is 11.7 Å². The number of nitrogens with two attached hydrogens (primary N) is 1. The van der Waals surface area contributed by atoms with Crippen LogP contribution in [0.15, 0.2) is 12.1 Å². The van der Waals surface area contributed by atoms with Gasteiger partial charge in [-0.3, -0.25) is 4.79 Å².